The molecule has 1 unspecified atom stereocenters. The number of halogens is 1. The number of hydrogen-bond acceptors (Lipinski definition) is 4. The fraction of sp³-hybridized carbons (Fsp3) is 0.188. The molecule has 0 saturated carbocycles. The minimum absolute atomic E-state index is 0.302. The number of rotatable bonds is 1. The summed E-state index contributed by atoms with van der Waals surface area (Å²) < 4.78 is 14.8. The van der Waals surface area contributed by atoms with E-state index < -0.39 is 5.95 Å². The molecule has 0 amide bonds. The standard InChI is InChI=1S/C16H14FN5O/c1-8-4-11(7-19-14(8)17)9-2-3-13-10(5-9)6-12(18)15-20-21-16(23)22(13)15/h2-5,7,12H,6,18H2,1H3,(H,21,23). The largest absolute Gasteiger partial charge is 0.347 e. The Morgan fingerprint density at radius 3 is 2.96 bits per heavy atom. The number of aryl methyl sites for hydroxylation is 1. The average molecular weight is 311 g/mol. The third-order valence-corrected chi connectivity index (χ3v) is 4.14. The first kappa shape index (κ1) is 13.8. The van der Waals surface area contributed by atoms with E-state index in [-0.39, 0.29) is 11.7 Å². The zero-order chi connectivity index (χ0) is 16.1. The van der Waals surface area contributed by atoms with Crippen molar-refractivity contribution in [1.29, 1.82) is 0 Å². The lowest BCUT2D eigenvalue weighted by Crippen LogP contribution is -2.28. The van der Waals surface area contributed by atoms with Crippen molar-refractivity contribution in [2.75, 3.05) is 0 Å². The lowest BCUT2D eigenvalue weighted by atomic mass is 9.95. The summed E-state index contributed by atoms with van der Waals surface area (Å²) in [7, 11) is 0. The van der Waals surface area contributed by atoms with Gasteiger partial charge in [-0.05, 0) is 42.7 Å². The molecule has 0 saturated heterocycles. The van der Waals surface area contributed by atoms with Gasteiger partial charge in [0.05, 0.1) is 11.7 Å². The number of aromatic amines is 1. The van der Waals surface area contributed by atoms with Gasteiger partial charge in [-0.1, -0.05) is 6.07 Å². The Labute approximate surface area is 130 Å². The molecule has 0 radical (unpaired) electrons. The monoisotopic (exact) mass is 311 g/mol. The second-order valence-electron chi connectivity index (χ2n) is 5.71. The summed E-state index contributed by atoms with van der Waals surface area (Å²) in [6, 6.07) is 7.11. The summed E-state index contributed by atoms with van der Waals surface area (Å²) >= 11 is 0. The molecule has 0 bridgehead atoms. The van der Waals surface area contributed by atoms with Gasteiger partial charge in [0.25, 0.3) is 0 Å². The van der Waals surface area contributed by atoms with Gasteiger partial charge in [0.2, 0.25) is 5.95 Å². The molecule has 1 aliphatic heterocycles. The lowest BCUT2D eigenvalue weighted by Gasteiger charge is -2.22. The van der Waals surface area contributed by atoms with Crippen LogP contribution in [0.1, 0.15) is 23.0 Å². The molecule has 0 fully saturated rings. The van der Waals surface area contributed by atoms with Crippen LogP contribution >= 0.6 is 0 Å². The molecule has 7 heteroatoms. The van der Waals surface area contributed by atoms with E-state index in [9.17, 15) is 9.18 Å². The molecule has 23 heavy (non-hydrogen) atoms. The topological polar surface area (TPSA) is 89.6 Å². The summed E-state index contributed by atoms with van der Waals surface area (Å²) in [5.41, 5.74) is 9.75. The molecule has 1 aromatic carbocycles. The maximum absolute atomic E-state index is 13.3. The smallest absolute Gasteiger partial charge is 0.321 e. The Hall–Kier alpha value is -2.80. The van der Waals surface area contributed by atoms with Crippen LogP contribution in [0.3, 0.4) is 0 Å². The number of pyridine rings is 1. The molecule has 116 valence electrons. The van der Waals surface area contributed by atoms with Crippen molar-refractivity contribution < 1.29 is 4.39 Å². The number of aromatic nitrogens is 4. The Bertz CT molecular complexity index is 975. The van der Waals surface area contributed by atoms with Crippen LogP contribution in [-0.4, -0.2) is 19.7 Å². The van der Waals surface area contributed by atoms with Crippen LogP contribution in [-0.2, 0) is 6.42 Å². The summed E-state index contributed by atoms with van der Waals surface area (Å²) in [5.74, 6) is 0.0675. The van der Waals surface area contributed by atoms with E-state index in [1.165, 1.54) is 10.8 Å². The van der Waals surface area contributed by atoms with E-state index in [4.69, 9.17) is 5.73 Å². The Kier molecular flexibility index (Phi) is 2.92. The number of nitrogens with zero attached hydrogens (tertiary/aromatic N) is 3. The van der Waals surface area contributed by atoms with Crippen molar-refractivity contribution >= 4 is 0 Å². The highest BCUT2D eigenvalue weighted by atomic mass is 19.1. The first-order valence-electron chi connectivity index (χ1n) is 7.23. The van der Waals surface area contributed by atoms with Crippen molar-refractivity contribution in [1.82, 2.24) is 19.7 Å². The van der Waals surface area contributed by atoms with Gasteiger partial charge in [-0.25, -0.2) is 19.4 Å². The van der Waals surface area contributed by atoms with Gasteiger partial charge in [0, 0.05) is 17.3 Å². The van der Waals surface area contributed by atoms with Crippen LogP contribution in [0.5, 0.6) is 0 Å². The fourth-order valence-corrected chi connectivity index (χ4v) is 2.98. The number of benzene rings is 1. The normalized spacial score (nSPS) is 16.0. The van der Waals surface area contributed by atoms with E-state index in [1.54, 1.807) is 13.0 Å². The van der Waals surface area contributed by atoms with Crippen LogP contribution in [0.25, 0.3) is 16.8 Å². The molecule has 6 nitrogen and oxygen atoms in total. The van der Waals surface area contributed by atoms with Gasteiger partial charge in [0.15, 0.2) is 5.82 Å². The molecule has 1 atom stereocenters. The molecule has 0 aliphatic carbocycles. The fourth-order valence-electron chi connectivity index (χ4n) is 2.98. The van der Waals surface area contributed by atoms with E-state index >= 15 is 0 Å². The second-order valence-corrected chi connectivity index (χ2v) is 5.71. The maximum Gasteiger partial charge on any atom is 0.347 e. The number of nitrogens with two attached hydrogens (primary N) is 1. The lowest BCUT2D eigenvalue weighted by molar-refractivity contribution is 0.575. The molecule has 3 N–H and O–H groups in total. The summed E-state index contributed by atoms with van der Waals surface area (Å²) in [6.45, 7) is 1.68. The van der Waals surface area contributed by atoms with Crippen molar-refractivity contribution in [2.24, 2.45) is 5.73 Å². The molecule has 4 rings (SSSR count). The predicted molar refractivity (Wildman–Crippen MR) is 82.7 cm³/mol. The van der Waals surface area contributed by atoms with Crippen LogP contribution in [0.4, 0.5) is 4.39 Å². The quantitative estimate of drug-likeness (QED) is 0.668. The molecular weight excluding hydrogens is 297 g/mol. The molecule has 0 spiro atoms. The zero-order valence-corrected chi connectivity index (χ0v) is 12.4. The van der Waals surface area contributed by atoms with Gasteiger partial charge in [-0.3, -0.25) is 0 Å². The Balaban J connectivity index is 1.87. The van der Waals surface area contributed by atoms with Gasteiger partial charge >= 0.3 is 5.69 Å². The van der Waals surface area contributed by atoms with E-state index in [0.29, 0.717) is 17.8 Å². The number of H-pyrrole nitrogens is 1. The van der Waals surface area contributed by atoms with Gasteiger partial charge < -0.3 is 5.73 Å². The first-order chi connectivity index (χ1) is 11.0. The van der Waals surface area contributed by atoms with Crippen LogP contribution < -0.4 is 11.4 Å². The zero-order valence-electron chi connectivity index (χ0n) is 12.4. The molecule has 1 aliphatic rings. The number of nitrogens with one attached hydrogen (secondary N) is 1. The minimum Gasteiger partial charge on any atom is -0.321 e. The maximum atomic E-state index is 13.3. The van der Waals surface area contributed by atoms with Crippen LogP contribution in [0.2, 0.25) is 0 Å². The first-order valence-corrected chi connectivity index (χ1v) is 7.23. The van der Waals surface area contributed by atoms with Gasteiger partial charge in [-0.2, -0.15) is 9.49 Å². The van der Waals surface area contributed by atoms with E-state index in [1.807, 2.05) is 18.2 Å². The van der Waals surface area contributed by atoms with E-state index in [0.717, 1.165) is 22.4 Å². The molecular formula is C16H14FN5O. The van der Waals surface area contributed by atoms with Gasteiger partial charge in [0.1, 0.15) is 0 Å². The SMILES string of the molecule is Cc1cc(-c2ccc3c(c2)CC(N)c2n[nH]c(=O)n2-3)cnc1F. The highest BCUT2D eigenvalue weighted by Crippen LogP contribution is 2.31. The van der Waals surface area contributed by atoms with Crippen molar-refractivity contribution in [3.05, 3.63) is 63.8 Å². The van der Waals surface area contributed by atoms with Crippen LogP contribution in [0, 0.1) is 12.9 Å². The molecule has 2 aromatic heterocycles. The summed E-state index contributed by atoms with van der Waals surface area (Å²) in [6.07, 6.45) is 2.09. The van der Waals surface area contributed by atoms with Crippen molar-refractivity contribution in [3.63, 3.8) is 0 Å². The summed E-state index contributed by atoms with van der Waals surface area (Å²) in [5, 5.41) is 6.42. The highest BCUT2D eigenvalue weighted by Gasteiger charge is 2.25. The molecule has 3 heterocycles. The Morgan fingerprint density at radius 2 is 2.17 bits per heavy atom. The van der Waals surface area contributed by atoms with Crippen LogP contribution in [0.15, 0.2) is 35.3 Å². The predicted octanol–water partition coefficient (Wildman–Crippen LogP) is 1.63. The third-order valence-electron chi connectivity index (χ3n) is 4.14. The Morgan fingerprint density at radius 1 is 1.35 bits per heavy atom. The minimum atomic E-state index is -0.469. The number of hydrogen-bond donors (Lipinski definition) is 2. The third kappa shape index (κ3) is 2.08. The average Bonchev–Trinajstić information content (AvgIpc) is 2.92. The highest BCUT2D eigenvalue weighted by molar-refractivity contribution is 5.67. The molecule has 3 aromatic rings. The van der Waals surface area contributed by atoms with Gasteiger partial charge in [-0.15, -0.1) is 0 Å². The van der Waals surface area contributed by atoms with Crippen molar-refractivity contribution in [3.8, 4) is 16.8 Å². The second kappa shape index (κ2) is 4.85. The summed E-state index contributed by atoms with van der Waals surface area (Å²) in [4.78, 5) is 15.7. The number of fused-ring (bicyclic) bond motifs is 3. The van der Waals surface area contributed by atoms with Crippen molar-refractivity contribution in [2.45, 2.75) is 19.4 Å². The van der Waals surface area contributed by atoms with E-state index in [2.05, 4.69) is 15.2 Å².